The van der Waals surface area contributed by atoms with Gasteiger partial charge in [0.15, 0.2) is 0 Å². The van der Waals surface area contributed by atoms with Crippen molar-refractivity contribution in [2.24, 2.45) is 0 Å². The smallest absolute Gasteiger partial charge is 0.146 e. The van der Waals surface area contributed by atoms with Crippen LogP contribution in [-0.2, 0) is 11.2 Å². The largest absolute Gasteiger partial charge is 0.379 e. The normalized spacial score (nSPS) is 16.1. The third-order valence-corrected chi connectivity index (χ3v) is 3.09. The standard InChI is InChI=1S/C14H25N5O/c1-3-5-12-16-13(15-6-4-2)11-14(17-12)18-19-7-9-20-10-8-19/h11H,3-10H2,1-2H3,(H2,15,16,17,18). The number of ether oxygens (including phenoxy) is 1. The maximum absolute atomic E-state index is 5.35. The maximum Gasteiger partial charge on any atom is 0.146 e. The van der Waals surface area contributed by atoms with Crippen molar-refractivity contribution in [3.63, 3.8) is 0 Å². The molecular weight excluding hydrogens is 254 g/mol. The molecule has 0 amide bonds. The van der Waals surface area contributed by atoms with E-state index in [1.54, 1.807) is 0 Å². The molecule has 0 spiro atoms. The lowest BCUT2D eigenvalue weighted by Gasteiger charge is -2.27. The molecule has 6 heteroatoms. The lowest BCUT2D eigenvalue weighted by Crippen LogP contribution is -2.40. The van der Waals surface area contributed by atoms with E-state index in [0.717, 1.165) is 69.6 Å². The zero-order valence-electron chi connectivity index (χ0n) is 12.5. The number of nitrogens with one attached hydrogen (secondary N) is 2. The molecule has 20 heavy (non-hydrogen) atoms. The summed E-state index contributed by atoms with van der Waals surface area (Å²) in [6, 6.07) is 1.98. The predicted molar refractivity (Wildman–Crippen MR) is 80.8 cm³/mol. The molecule has 6 nitrogen and oxygen atoms in total. The first-order valence-corrected chi connectivity index (χ1v) is 7.53. The van der Waals surface area contributed by atoms with Crippen molar-refractivity contribution < 1.29 is 4.74 Å². The summed E-state index contributed by atoms with van der Waals surface area (Å²) in [5, 5.41) is 5.48. The Bertz CT molecular complexity index is 407. The van der Waals surface area contributed by atoms with Gasteiger partial charge in [-0.3, -0.25) is 0 Å². The molecule has 112 valence electrons. The fourth-order valence-corrected chi connectivity index (χ4v) is 2.07. The Labute approximate surface area is 120 Å². The third-order valence-electron chi connectivity index (χ3n) is 3.09. The Morgan fingerprint density at radius 1 is 1.15 bits per heavy atom. The van der Waals surface area contributed by atoms with Crippen LogP contribution in [0.2, 0.25) is 0 Å². The second-order valence-corrected chi connectivity index (χ2v) is 4.94. The van der Waals surface area contributed by atoms with Crippen molar-refractivity contribution >= 4 is 11.6 Å². The Morgan fingerprint density at radius 2 is 1.90 bits per heavy atom. The molecule has 2 heterocycles. The van der Waals surface area contributed by atoms with E-state index in [4.69, 9.17) is 4.74 Å². The zero-order valence-corrected chi connectivity index (χ0v) is 12.5. The molecule has 1 aliphatic heterocycles. The van der Waals surface area contributed by atoms with Gasteiger partial charge in [0.25, 0.3) is 0 Å². The van der Waals surface area contributed by atoms with Gasteiger partial charge in [-0.2, -0.15) is 0 Å². The van der Waals surface area contributed by atoms with Gasteiger partial charge in [-0.1, -0.05) is 13.8 Å². The average Bonchev–Trinajstić information content (AvgIpc) is 2.46. The molecule has 1 aliphatic rings. The van der Waals surface area contributed by atoms with Crippen LogP contribution < -0.4 is 10.7 Å². The Morgan fingerprint density at radius 3 is 2.60 bits per heavy atom. The van der Waals surface area contributed by atoms with Crippen LogP contribution in [0.1, 0.15) is 32.5 Å². The summed E-state index contributed by atoms with van der Waals surface area (Å²) in [7, 11) is 0. The Hall–Kier alpha value is -1.40. The van der Waals surface area contributed by atoms with Crippen LogP contribution in [0.3, 0.4) is 0 Å². The van der Waals surface area contributed by atoms with Crippen LogP contribution in [0.4, 0.5) is 11.6 Å². The number of hydrazine groups is 1. The van der Waals surface area contributed by atoms with E-state index in [1.165, 1.54) is 0 Å². The highest BCUT2D eigenvalue weighted by Crippen LogP contribution is 2.14. The number of nitrogens with zero attached hydrogens (tertiary/aromatic N) is 3. The first kappa shape index (κ1) is 15.0. The molecule has 1 aromatic rings. The Balaban J connectivity index is 2.06. The van der Waals surface area contributed by atoms with Crippen molar-refractivity contribution in [2.45, 2.75) is 33.1 Å². The molecule has 0 aliphatic carbocycles. The second kappa shape index (κ2) is 8.01. The van der Waals surface area contributed by atoms with Crippen LogP contribution in [0.5, 0.6) is 0 Å². The van der Waals surface area contributed by atoms with E-state index in [2.05, 4.69) is 39.6 Å². The predicted octanol–water partition coefficient (Wildman–Crippen LogP) is 1.91. The number of hydrogen-bond acceptors (Lipinski definition) is 6. The molecule has 0 radical (unpaired) electrons. The lowest BCUT2D eigenvalue weighted by atomic mass is 10.3. The first-order chi connectivity index (χ1) is 9.81. The number of hydrogen-bond donors (Lipinski definition) is 2. The molecule has 1 saturated heterocycles. The highest BCUT2D eigenvalue weighted by molar-refractivity contribution is 5.47. The Kier molecular flexibility index (Phi) is 6.01. The summed E-state index contributed by atoms with van der Waals surface area (Å²) in [4.78, 5) is 9.13. The topological polar surface area (TPSA) is 62.3 Å². The second-order valence-electron chi connectivity index (χ2n) is 4.94. The minimum atomic E-state index is 0.765. The van der Waals surface area contributed by atoms with Crippen LogP contribution in [0.25, 0.3) is 0 Å². The highest BCUT2D eigenvalue weighted by atomic mass is 16.5. The van der Waals surface area contributed by atoms with Gasteiger partial charge in [0.1, 0.15) is 17.5 Å². The van der Waals surface area contributed by atoms with Gasteiger partial charge >= 0.3 is 0 Å². The van der Waals surface area contributed by atoms with E-state index in [1.807, 2.05) is 6.07 Å². The van der Waals surface area contributed by atoms with Gasteiger partial charge in [0, 0.05) is 32.1 Å². The molecule has 2 rings (SSSR count). The van der Waals surface area contributed by atoms with E-state index in [9.17, 15) is 0 Å². The minimum absolute atomic E-state index is 0.765. The molecule has 2 N–H and O–H groups in total. The van der Waals surface area contributed by atoms with Crippen molar-refractivity contribution in [1.29, 1.82) is 0 Å². The molecule has 0 bridgehead atoms. The van der Waals surface area contributed by atoms with Crippen LogP contribution in [0, 0.1) is 0 Å². The first-order valence-electron chi connectivity index (χ1n) is 7.53. The van der Waals surface area contributed by atoms with Gasteiger partial charge in [0.2, 0.25) is 0 Å². The molecule has 0 atom stereocenters. The van der Waals surface area contributed by atoms with Gasteiger partial charge in [-0.15, -0.1) is 0 Å². The molecule has 0 saturated carbocycles. The van der Waals surface area contributed by atoms with Gasteiger partial charge in [0.05, 0.1) is 13.2 Å². The number of aromatic nitrogens is 2. The summed E-state index contributed by atoms with van der Waals surface area (Å²) < 4.78 is 5.35. The molecule has 0 aromatic carbocycles. The van der Waals surface area contributed by atoms with Gasteiger partial charge < -0.3 is 15.5 Å². The van der Waals surface area contributed by atoms with Crippen LogP contribution in [0.15, 0.2) is 6.07 Å². The quantitative estimate of drug-likeness (QED) is 0.795. The molecule has 1 fully saturated rings. The average molecular weight is 279 g/mol. The fourth-order valence-electron chi connectivity index (χ4n) is 2.07. The van der Waals surface area contributed by atoms with Crippen molar-refractivity contribution in [2.75, 3.05) is 43.6 Å². The summed E-state index contributed by atoms with van der Waals surface area (Å²) in [6.45, 7) is 8.51. The summed E-state index contributed by atoms with van der Waals surface area (Å²) in [6.07, 6.45) is 3.03. The van der Waals surface area contributed by atoms with Crippen molar-refractivity contribution in [3.8, 4) is 0 Å². The summed E-state index contributed by atoms with van der Waals surface area (Å²) in [5.41, 5.74) is 3.36. The number of morpholine rings is 1. The zero-order chi connectivity index (χ0) is 14.2. The highest BCUT2D eigenvalue weighted by Gasteiger charge is 2.12. The minimum Gasteiger partial charge on any atom is -0.379 e. The number of anilines is 2. The van der Waals surface area contributed by atoms with Crippen molar-refractivity contribution in [3.05, 3.63) is 11.9 Å². The number of rotatable bonds is 7. The third kappa shape index (κ3) is 4.61. The maximum atomic E-state index is 5.35. The lowest BCUT2D eigenvalue weighted by molar-refractivity contribution is 0.0495. The monoisotopic (exact) mass is 279 g/mol. The van der Waals surface area contributed by atoms with Crippen LogP contribution in [-0.4, -0.2) is 47.8 Å². The van der Waals surface area contributed by atoms with E-state index in [0.29, 0.717) is 0 Å². The SMILES string of the molecule is CCCNc1cc(NN2CCOCC2)nc(CCC)n1. The van der Waals surface area contributed by atoms with E-state index < -0.39 is 0 Å². The fraction of sp³-hybridized carbons (Fsp3) is 0.714. The molecule has 0 unspecified atom stereocenters. The summed E-state index contributed by atoms with van der Waals surface area (Å²) in [5.74, 6) is 2.66. The molecule has 1 aromatic heterocycles. The van der Waals surface area contributed by atoms with Gasteiger partial charge in [-0.05, 0) is 12.8 Å². The van der Waals surface area contributed by atoms with Crippen LogP contribution >= 0.6 is 0 Å². The number of aryl methyl sites for hydroxylation is 1. The summed E-state index contributed by atoms with van der Waals surface area (Å²) >= 11 is 0. The van der Waals surface area contributed by atoms with Gasteiger partial charge in [-0.25, -0.2) is 15.0 Å². The molecular formula is C14H25N5O. The van der Waals surface area contributed by atoms with E-state index >= 15 is 0 Å². The van der Waals surface area contributed by atoms with E-state index in [-0.39, 0.29) is 0 Å². The van der Waals surface area contributed by atoms with Crippen molar-refractivity contribution in [1.82, 2.24) is 15.0 Å².